The smallest absolute Gasteiger partial charge is 0.410 e. The van der Waals surface area contributed by atoms with Crippen molar-refractivity contribution in [2.75, 3.05) is 49.2 Å². The van der Waals surface area contributed by atoms with Gasteiger partial charge in [0.1, 0.15) is 48.0 Å². The number of nitrogens with zero attached hydrogens (tertiary/aromatic N) is 6. The molecule has 2 saturated heterocycles. The molecule has 16 nitrogen and oxygen atoms in total. The number of likely N-dealkylation sites (tertiary alicyclic amines) is 2. The van der Waals surface area contributed by atoms with Crippen molar-refractivity contribution in [2.24, 2.45) is 10.2 Å². The average molecular weight is 894 g/mol. The lowest BCUT2D eigenvalue weighted by Crippen LogP contribution is -2.55. The molecule has 0 spiro atoms. The molecule has 2 aromatic carbocycles. The predicted octanol–water partition coefficient (Wildman–Crippen LogP) is 6.73. The molecule has 0 aromatic heterocycles. The maximum atomic E-state index is 12.4. The molecule has 324 valence electrons. The van der Waals surface area contributed by atoms with Gasteiger partial charge in [0, 0.05) is 30.7 Å². The monoisotopic (exact) mass is 892 g/mol. The van der Waals surface area contributed by atoms with Gasteiger partial charge < -0.3 is 38.5 Å². The molecule has 0 radical (unpaired) electrons. The first kappa shape index (κ1) is 43.0. The van der Waals surface area contributed by atoms with E-state index in [9.17, 15) is 19.2 Å². The lowest BCUT2D eigenvalue weighted by molar-refractivity contribution is -0.123. The Kier molecular flexibility index (Phi) is 12.0. The highest BCUT2D eigenvalue weighted by molar-refractivity contribution is 9.10. The number of anilines is 2. The average Bonchev–Trinajstić information content (AvgIpc) is 3.19. The number of rotatable bonds is 2. The summed E-state index contributed by atoms with van der Waals surface area (Å²) in [5.41, 5.74) is 9.43. The van der Waals surface area contributed by atoms with Crippen LogP contribution in [0.2, 0.25) is 0 Å². The van der Waals surface area contributed by atoms with Gasteiger partial charge in [0.15, 0.2) is 11.7 Å². The topological polar surface area (TPSA) is 167 Å². The van der Waals surface area contributed by atoms with Crippen LogP contribution in [-0.2, 0) is 19.1 Å². The Balaban J connectivity index is 0.000000181. The Hall–Kier alpha value is -5.06. The first-order valence-electron chi connectivity index (χ1n) is 20.8. The van der Waals surface area contributed by atoms with Crippen molar-refractivity contribution in [3.63, 3.8) is 0 Å². The number of carbonyl (C=O) groups is 4. The van der Waals surface area contributed by atoms with Gasteiger partial charge >= 0.3 is 12.2 Å². The number of hydrazone groups is 2. The minimum Gasteiger partial charge on any atom is -0.483 e. The van der Waals surface area contributed by atoms with Gasteiger partial charge in [-0.3, -0.25) is 9.59 Å². The van der Waals surface area contributed by atoms with E-state index in [-0.39, 0.29) is 36.1 Å². The molecule has 0 aliphatic carbocycles. The van der Waals surface area contributed by atoms with Gasteiger partial charge in [-0.2, -0.15) is 10.2 Å². The molecule has 4 amide bonds. The van der Waals surface area contributed by atoms with Crippen LogP contribution in [0.3, 0.4) is 0 Å². The predicted molar refractivity (Wildman–Crippen MR) is 231 cm³/mol. The fourth-order valence-corrected chi connectivity index (χ4v) is 9.05. The van der Waals surface area contributed by atoms with Gasteiger partial charge in [-0.05, 0) is 141 Å². The zero-order chi connectivity index (χ0) is 43.3. The summed E-state index contributed by atoms with van der Waals surface area (Å²) in [5.74, 6) is 3.29. The third-order valence-corrected chi connectivity index (χ3v) is 12.2. The van der Waals surface area contributed by atoms with Gasteiger partial charge in [-0.15, -0.1) is 0 Å². The normalized spacial score (nSPS) is 21.8. The molecule has 0 saturated carbocycles. The SMILES string of the molecule is CC1C(=O)NN=C2COc3cc(Br)c(C4CCN(C(=O)OC(C)(C)C)CC4)cc3N21.Cc1cc2c(cc1C1CCN(C(=O)OC(C)(C)C)CC1)N1C(=NNC(=O)C1C)CO2. The number of nitrogens with one attached hydrogen (secondary N) is 2. The third-order valence-electron chi connectivity index (χ3n) is 11.5. The Bertz CT molecular complexity index is 1950. The molecule has 2 fully saturated rings. The summed E-state index contributed by atoms with van der Waals surface area (Å²) in [4.78, 5) is 56.5. The van der Waals surface area contributed by atoms with Crippen LogP contribution in [-0.4, -0.2) is 108 Å². The second-order valence-electron chi connectivity index (χ2n) is 18.2. The van der Waals surface area contributed by atoms with Crippen molar-refractivity contribution in [2.45, 2.75) is 123 Å². The van der Waals surface area contributed by atoms with Crippen LogP contribution in [0.4, 0.5) is 21.0 Å². The fraction of sp³-hybridized carbons (Fsp3) is 0.581. The quantitative estimate of drug-likeness (QED) is 0.330. The van der Waals surface area contributed by atoms with Gasteiger partial charge in [0.25, 0.3) is 11.8 Å². The van der Waals surface area contributed by atoms with Crippen molar-refractivity contribution in [3.8, 4) is 11.5 Å². The van der Waals surface area contributed by atoms with Crippen LogP contribution in [0.15, 0.2) is 38.9 Å². The lowest BCUT2D eigenvalue weighted by Gasteiger charge is -2.39. The number of carbonyl (C=O) groups excluding carboxylic acids is 4. The van der Waals surface area contributed by atoms with Crippen molar-refractivity contribution in [1.29, 1.82) is 0 Å². The van der Waals surface area contributed by atoms with Crippen LogP contribution >= 0.6 is 15.9 Å². The Morgan fingerprint density at radius 2 is 1.08 bits per heavy atom. The van der Waals surface area contributed by atoms with Crippen molar-refractivity contribution in [3.05, 3.63) is 45.4 Å². The van der Waals surface area contributed by atoms with Gasteiger partial charge in [-0.25, -0.2) is 20.4 Å². The molecule has 2 aromatic rings. The van der Waals surface area contributed by atoms with Crippen molar-refractivity contribution >= 4 is 63.0 Å². The van der Waals surface area contributed by atoms with Crippen LogP contribution in [0, 0.1) is 6.92 Å². The molecule has 8 rings (SSSR count). The largest absolute Gasteiger partial charge is 0.483 e. The van der Waals surface area contributed by atoms with Crippen LogP contribution in [0.5, 0.6) is 11.5 Å². The Morgan fingerprint density at radius 3 is 1.52 bits per heavy atom. The second kappa shape index (κ2) is 16.8. The highest BCUT2D eigenvalue weighted by Gasteiger charge is 2.39. The summed E-state index contributed by atoms with van der Waals surface area (Å²) >= 11 is 3.70. The fourth-order valence-electron chi connectivity index (χ4n) is 8.40. The number of hydrogen-bond donors (Lipinski definition) is 2. The Labute approximate surface area is 360 Å². The molecule has 2 N–H and O–H groups in total. The molecule has 2 unspecified atom stereocenters. The van der Waals surface area contributed by atoms with Crippen LogP contribution < -0.4 is 30.1 Å². The summed E-state index contributed by atoms with van der Waals surface area (Å²) in [7, 11) is 0. The Morgan fingerprint density at radius 1 is 0.683 bits per heavy atom. The minimum atomic E-state index is -0.494. The number of fused-ring (bicyclic) bond motifs is 6. The van der Waals surface area contributed by atoms with E-state index in [0.29, 0.717) is 62.9 Å². The molecular formula is C43H57BrN8O8. The number of ether oxygens (including phenoxy) is 4. The number of aryl methyl sites for hydroxylation is 1. The first-order chi connectivity index (χ1) is 28.3. The third kappa shape index (κ3) is 9.15. The van der Waals surface area contributed by atoms with E-state index in [1.165, 1.54) is 11.1 Å². The molecule has 6 aliphatic rings. The number of hydrogen-bond acceptors (Lipinski definition) is 12. The standard InChI is InChI=1S/C22H30N4O4.C21H27BrN4O4/c1-13-10-18-17(26-14(2)20(27)24-23-19(26)12-29-18)11-16(13)15-6-8-25(9-7-15)21(28)30-22(3,4)5;1-12-19(27)24-23-18-11-29-17-10-15(22)14(9-16(17)26(12)18)13-5-7-25(8-6-13)20(28)30-21(2,3)4/h10-11,14-15H,6-9,12H2,1-5H3,(H,24,27);9-10,12-13H,5-8,11H2,1-4H3,(H,24,27). The number of amides is 4. The maximum Gasteiger partial charge on any atom is 0.410 e. The maximum absolute atomic E-state index is 12.4. The van der Waals surface area contributed by atoms with E-state index < -0.39 is 11.2 Å². The number of amidine groups is 2. The van der Waals surface area contributed by atoms with E-state index in [2.05, 4.69) is 62.1 Å². The van der Waals surface area contributed by atoms with E-state index in [4.69, 9.17) is 18.9 Å². The molecular weight excluding hydrogens is 836 g/mol. The number of benzene rings is 2. The minimum absolute atomic E-state index is 0.126. The zero-order valence-corrected chi connectivity index (χ0v) is 37.6. The zero-order valence-electron chi connectivity index (χ0n) is 36.0. The molecule has 2 atom stereocenters. The lowest BCUT2D eigenvalue weighted by atomic mass is 9.86. The van der Waals surface area contributed by atoms with Crippen molar-refractivity contribution < 1.29 is 38.1 Å². The summed E-state index contributed by atoms with van der Waals surface area (Å²) in [5, 5.41) is 8.32. The second-order valence-corrected chi connectivity index (χ2v) is 19.0. The summed E-state index contributed by atoms with van der Waals surface area (Å²) in [6, 6.07) is 7.56. The van der Waals surface area contributed by atoms with Crippen LogP contribution in [0.25, 0.3) is 0 Å². The molecule has 0 bridgehead atoms. The van der Waals surface area contributed by atoms with Crippen molar-refractivity contribution in [1.82, 2.24) is 20.7 Å². The van der Waals surface area contributed by atoms with Gasteiger partial charge in [0.05, 0.1) is 11.4 Å². The number of piperidine rings is 2. The number of halogens is 1. The van der Waals surface area contributed by atoms with Crippen LogP contribution in [0.1, 0.15) is 110 Å². The summed E-state index contributed by atoms with van der Waals surface area (Å²) in [6.07, 6.45) is 2.93. The van der Waals surface area contributed by atoms with Gasteiger partial charge in [0.2, 0.25) is 0 Å². The first-order valence-corrected chi connectivity index (χ1v) is 21.6. The molecule has 17 heteroatoms. The van der Waals surface area contributed by atoms with Gasteiger partial charge in [-0.1, -0.05) is 15.9 Å². The van der Waals surface area contributed by atoms with E-state index in [1.807, 2.05) is 71.3 Å². The molecule has 6 aliphatic heterocycles. The molecule has 6 heterocycles. The van der Waals surface area contributed by atoms with E-state index in [0.717, 1.165) is 58.6 Å². The van der Waals surface area contributed by atoms with E-state index >= 15 is 0 Å². The summed E-state index contributed by atoms with van der Waals surface area (Å²) < 4.78 is 23.8. The molecule has 60 heavy (non-hydrogen) atoms. The highest BCUT2D eigenvalue weighted by Crippen LogP contribution is 2.44. The summed E-state index contributed by atoms with van der Waals surface area (Å²) in [6.45, 7) is 20.4. The highest BCUT2D eigenvalue weighted by atomic mass is 79.9. The van der Waals surface area contributed by atoms with E-state index in [1.54, 1.807) is 9.80 Å².